The Morgan fingerprint density at radius 3 is 2.35 bits per heavy atom. The van der Waals surface area contributed by atoms with Gasteiger partial charge in [0.25, 0.3) is 0 Å². The van der Waals surface area contributed by atoms with Gasteiger partial charge < -0.3 is 14.9 Å². The topological polar surface area (TPSA) is 60.9 Å². The van der Waals surface area contributed by atoms with Gasteiger partial charge in [-0.3, -0.25) is 4.79 Å². The lowest BCUT2D eigenvalue weighted by Crippen LogP contribution is -2.50. The Labute approximate surface area is 119 Å². The average Bonchev–Trinajstić information content (AvgIpc) is 2.98. The first-order chi connectivity index (χ1) is 9.65. The maximum atomic E-state index is 12.7. The van der Waals surface area contributed by atoms with Crippen molar-refractivity contribution in [1.29, 1.82) is 0 Å². The molecule has 0 aromatic heterocycles. The molecule has 20 heavy (non-hydrogen) atoms. The molecule has 3 unspecified atom stereocenters. The van der Waals surface area contributed by atoms with Crippen molar-refractivity contribution in [2.75, 3.05) is 19.6 Å². The number of hydrogen-bond donors (Lipinski definition) is 1. The number of nitrogens with zero attached hydrogens (tertiary/aromatic N) is 2. The van der Waals surface area contributed by atoms with Crippen LogP contribution in [-0.4, -0.2) is 52.6 Å². The molecule has 0 radical (unpaired) electrons. The van der Waals surface area contributed by atoms with Crippen molar-refractivity contribution in [2.24, 2.45) is 11.8 Å². The second-order valence-corrected chi connectivity index (χ2v) is 6.58. The number of aliphatic carboxylic acids is 1. The van der Waals surface area contributed by atoms with E-state index < -0.39 is 5.97 Å². The van der Waals surface area contributed by atoms with Gasteiger partial charge in [-0.25, -0.2) is 4.79 Å². The van der Waals surface area contributed by atoms with Crippen LogP contribution in [0.1, 0.15) is 44.9 Å². The van der Waals surface area contributed by atoms with E-state index in [0.29, 0.717) is 11.8 Å². The predicted octanol–water partition coefficient (Wildman–Crippen LogP) is 2.17. The summed E-state index contributed by atoms with van der Waals surface area (Å²) in [5.41, 5.74) is 0. The number of rotatable bonds is 2. The van der Waals surface area contributed by atoms with Crippen LogP contribution in [0.5, 0.6) is 0 Å². The molecule has 3 rings (SSSR count). The van der Waals surface area contributed by atoms with Crippen LogP contribution in [0.25, 0.3) is 0 Å². The summed E-state index contributed by atoms with van der Waals surface area (Å²) < 4.78 is 0. The summed E-state index contributed by atoms with van der Waals surface area (Å²) >= 11 is 0. The Bertz CT molecular complexity index is 387. The third-order valence-electron chi connectivity index (χ3n) is 5.28. The monoisotopic (exact) mass is 280 g/mol. The van der Waals surface area contributed by atoms with Crippen LogP contribution in [0.4, 0.5) is 4.79 Å². The van der Waals surface area contributed by atoms with Gasteiger partial charge in [0.15, 0.2) is 0 Å². The van der Waals surface area contributed by atoms with E-state index in [2.05, 4.69) is 0 Å². The Balaban J connectivity index is 1.64. The lowest BCUT2D eigenvalue weighted by Gasteiger charge is -2.37. The van der Waals surface area contributed by atoms with Gasteiger partial charge in [-0.2, -0.15) is 0 Å². The van der Waals surface area contributed by atoms with E-state index >= 15 is 0 Å². The SMILES string of the molecule is O=C(O)CC1CCCCN1C(=O)N1CC2CCCC2C1. The van der Waals surface area contributed by atoms with E-state index in [1.54, 1.807) is 0 Å². The summed E-state index contributed by atoms with van der Waals surface area (Å²) in [5, 5.41) is 9.01. The van der Waals surface area contributed by atoms with Gasteiger partial charge in [-0.05, 0) is 43.9 Å². The number of piperidine rings is 1. The van der Waals surface area contributed by atoms with Crippen LogP contribution >= 0.6 is 0 Å². The van der Waals surface area contributed by atoms with E-state index in [-0.39, 0.29) is 18.5 Å². The normalized spacial score (nSPS) is 33.3. The van der Waals surface area contributed by atoms with Crippen molar-refractivity contribution in [1.82, 2.24) is 9.80 Å². The number of carbonyl (C=O) groups excluding carboxylic acids is 1. The molecule has 2 aliphatic heterocycles. The number of likely N-dealkylation sites (tertiary alicyclic amines) is 2. The zero-order chi connectivity index (χ0) is 14.1. The third-order valence-corrected chi connectivity index (χ3v) is 5.28. The summed E-state index contributed by atoms with van der Waals surface area (Å²) in [4.78, 5) is 27.5. The Hall–Kier alpha value is -1.26. The summed E-state index contributed by atoms with van der Waals surface area (Å²) in [6.45, 7) is 2.50. The third kappa shape index (κ3) is 2.63. The van der Waals surface area contributed by atoms with Gasteiger partial charge in [0.2, 0.25) is 0 Å². The van der Waals surface area contributed by atoms with Crippen molar-refractivity contribution in [3.8, 4) is 0 Å². The molecule has 0 bridgehead atoms. The summed E-state index contributed by atoms with van der Waals surface area (Å²) in [5.74, 6) is 0.594. The maximum Gasteiger partial charge on any atom is 0.320 e. The fourth-order valence-corrected chi connectivity index (χ4v) is 4.24. The van der Waals surface area contributed by atoms with Crippen LogP contribution in [-0.2, 0) is 4.79 Å². The summed E-state index contributed by atoms with van der Waals surface area (Å²) in [7, 11) is 0. The minimum absolute atomic E-state index is 0.0883. The molecule has 0 aromatic rings. The van der Waals surface area contributed by atoms with Gasteiger partial charge in [-0.1, -0.05) is 6.42 Å². The highest BCUT2D eigenvalue weighted by atomic mass is 16.4. The molecule has 2 heterocycles. The van der Waals surface area contributed by atoms with Crippen molar-refractivity contribution in [3.05, 3.63) is 0 Å². The number of carboxylic acids is 1. The fraction of sp³-hybridized carbons (Fsp3) is 0.867. The second kappa shape index (κ2) is 5.62. The maximum absolute atomic E-state index is 12.7. The van der Waals surface area contributed by atoms with Crippen molar-refractivity contribution in [2.45, 2.75) is 51.0 Å². The number of urea groups is 1. The standard InChI is InChI=1S/C15H24N2O3/c18-14(19)8-13-6-1-2-7-17(13)15(20)16-9-11-4-3-5-12(11)10-16/h11-13H,1-10H2,(H,18,19). The largest absolute Gasteiger partial charge is 0.481 e. The second-order valence-electron chi connectivity index (χ2n) is 6.58. The average molecular weight is 280 g/mol. The van der Waals surface area contributed by atoms with Crippen molar-refractivity contribution in [3.63, 3.8) is 0 Å². The molecule has 5 nitrogen and oxygen atoms in total. The molecular weight excluding hydrogens is 256 g/mol. The zero-order valence-corrected chi connectivity index (χ0v) is 12.0. The summed E-state index contributed by atoms with van der Waals surface area (Å²) in [6, 6.07) is -0.0143. The lowest BCUT2D eigenvalue weighted by molar-refractivity contribution is -0.138. The first-order valence-electron chi connectivity index (χ1n) is 7.92. The summed E-state index contributed by atoms with van der Waals surface area (Å²) in [6.07, 6.45) is 6.78. The van der Waals surface area contributed by atoms with Gasteiger partial charge in [0, 0.05) is 25.7 Å². The first-order valence-corrected chi connectivity index (χ1v) is 7.92. The van der Waals surface area contributed by atoms with Gasteiger partial charge in [0.1, 0.15) is 0 Å². The molecule has 1 N–H and O–H groups in total. The fourth-order valence-electron chi connectivity index (χ4n) is 4.24. The van der Waals surface area contributed by atoms with E-state index in [9.17, 15) is 9.59 Å². The van der Waals surface area contributed by atoms with E-state index in [1.807, 2.05) is 9.80 Å². The van der Waals surface area contributed by atoms with Gasteiger partial charge in [0.05, 0.1) is 6.42 Å². The van der Waals surface area contributed by atoms with E-state index in [4.69, 9.17) is 5.11 Å². The predicted molar refractivity (Wildman–Crippen MR) is 74.4 cm³/mol. The molecule has 0 spiro atoms. The number of carboxylic acid groups (broad SMARTS) is 1. The van der Waals surface area contributed by atoms with Crippen LogP contribution in [0.15, 0.2) is 0 Å². The molecule has 112 valence electrons. The van der Waals surface area contributed by atoms with Crippen LogP contribution < -0.4 is 0 Å². The molecule has 2 amide bonds. The number of hydrogen-bond acceptors (Lipinski definition) is 2. The smallest absolute Gasteiger partial charge is 0.320 e. The Morgan fingerprint density at radius 1 is 1.00 bits per heavy atom. The molecule has 1 aliphatic carbocycles. The van der Waals surface area contributed by atoms with Crippen LogP contribution in [0.3, 0.4) is 0 Å². The molecule has 3 aliphatic rings. The minimum Gasteiger partial charge on any atom is -0.481 e. The first kappa shape index (κ1) is 13.7. The van der Waals surface area contributed by atoms with Crippen molar-refractivity contribution >= 4 is 12.0 Å². The molecule has 3 fully saturated rings. The molecule has 3 atom stereocenters. The molecular formula is C15H24N2O3. The highest BCUT2D eigenvalue weighted by Crippen LogP contribution is 2.38. The Morgan fingerprint density at radius 2 is 1.70 bits per heavy atom. The molecule has 2 saturated heterocycles. The van der Waals surface area contributed by atoms with E-state index in [0.717, 1.165) is 38.9 Å². The number of amides is 2. The zero-order valence-electron chi connectivity index (χ0n) is 12.0. The molecule has 1 saturated carbocycles. The Kier molecular flexibility index (Phi) is 3.85. The number of carbonyl (C=O) groups is 2. The van der Waals surface area contributed by atoms with Crippen molar-refractivity contribution < 1.29 is 14.7 Å². The quantitative estimate of drug-likeness (QED) is 0.843. The lowest BCUT2D eigenvalue weighted by atomic mass is 10.00. The molecule has 5 heteroatoms. The minimum atomic E-state index is -0.798. The van der Waals surface area contributed by atoms with Gasteiger partial charge >= 0.3 is 12.0 Å². The highest BCUT2D eigenvalue weighted by molar-refractivity contribution is 5.76. The van der Waals surface area contributed by atoms with Crippen LogP contribution in [0.2, 0.25) is 0 Å². The molecule has 0 aromatic carbocycles. The van der Waals surface area contributed by atoms with Gasteiger partial charge in [-0.15, -0.1) is 0 Å². The number of fused-ring (bicyclic) bond motifs is 1. The highest BCUT2D eigenvalue weighted by Gasteiger charge is 2.40. The van der Waals surface area contributed by atoms with E-state index in [1.165, 1.54) is 19.3 Å². The van der Waals surface area contributed by atoms with Crippen LogP contribution in [0, 0.1) is 11.8 Å².